The van der Waals surface area contributed by atoms with E-state index in [4.69, 9.17) is 21.4 Å². The molecule has 1 aromatic carbocycles. The van der Waals surface area contributed by atoms with Gasteiger partial charge in [-0.3, -0.25) is 4.79 Å². The van der Waals surface area contributed by atoms with Crippen molar-refractivity contribution < 1.29 is 19.4 Å². The Hall–Kier alpha value is -1.75. The van der Waals surface area contributed by atoms with Crippen LogP contribution >= 0.6 is 11.6 Å². The molecule has 0 unspecified atom stereocenters. The molecule has 0 atom stereocenters. The van der Waals surface area contributed by atoms with Gasteiger partial charge in [-0.05, 0) is 32.0 Å². The van der Waals surface area contributed by atoms with Gasteiger partial charge >= 0.3 is 5.97 Å². The van der Waals surface area contributed by atoms with Crippen molar-refractivity contribution in [3.05, 3.63) is 28.8 Å². The number of aromatic carboxylic acids is 1. The van der Waals surface area contributed by atoms with Crippen LogP contribution in [-0.4, -0.2) is 41.6 Å². The lowest BCUT2D eigenvalue weighted by Crippen LogP contribution is -2.36. The maximum absolute atomic E-state index is 11.7. The number of likely N-dealkylation sites (N-methyl/N-ethyl adjacent to an activating group) is 1. The van der Waals surface area contributed by atoms with Crippen LogP contribution in [0.1, 0.15) is 24.2 Å². The lowest BCUT2D eigenvalue weighted by atomic mass is 10.2. The van der Waals surface area contributed by atoms with E-state index in [1.54, 1.807) is 11.9 Å². The summed E-state index contributed by atoms with van der Waals surface area (Å²) in [5.41, 5.74) is -0.0520. The molecule has 0 spiro atoms. The first kappa shape index (κ1) is 15.3. The van der Waals surface area contributed by atoms with Crippen LogP contribution in [0.25, 0.3) is 0 Å². The van der Waals surface area contributed by atoms with E-state index in [2.05, 4.69) is 0 Å². The second-order valence-corrected chi connectivity index (χ2v) is 4.74. The first-order chi connectivity index (χ1) is 8.82. The number of rotatable bonds is 5. The van der Waals surface area contributed by atoms with E-state index in [0.29, 0.717) is 5.75 Å². The molecule has 0 aliphatic carbocycles. The summed E-state index contributed by atoms with van der Waals surface area (Å²) in [4.78, 5) is 24.1. The van der Waals surface area contributed by atoms with E-state index in [9.17, 15) is 9.59 Å². The Kier molecular flexibility index (Phi) is 5.18. The minimum atomic E-state index is -1.14. The highest BCUT2D eigenvalue weighted by Crippen LogP contribution is 2.22. The van der Waals surface area contributed by atoms with Crippen LogP contribution in [0.15, 0.2) is 18.2 Å². The Morgan fingerprint density at radius 2 is 2.05 bits per heavy atom. The zero-order valence-corrected chi connectivity index (χ0v) is 11.8. The van der Waals surface area contributed by atoms with Crippen LogP contribution in [0.2, 0.25) is 5.02 Å². The van der Waals surface area contributed by atoms with Crippen molar-refractivity contribution in [3.8, 4) is 5.75 Å². The van der Waals surface area contributed by atoms with Crippen molar-refractivity contribution in [2.24, 2.45) is 0 Å². The van der Waals surface area contributed by atoms with Gasteiger partial charge in [0.15, 0.2) is 6.61 Å². The Labute approximate surface area is 116 Å². The van der Waals surface area contributed by atoms with Gasteiger partial charge in [-0.25, -0.2) is 4.79 Å². The predicted molar refractivity (Wildman–Crippen MR) is 71.8 cm³/mol. The lowest BCUT2D eigenvalue weighted by Gasteiger charge is -2.21. The molecule has 6 heteroatoms. The van der Waals surface area contributed by atoms with Crippen LogP contribution in [0.3, 0.4) is 0 Å². The average Bonchev–Trinajstić information content (AvgIpc) is 2.35. The van der Waals surface area contributed by atoms with Crippen LogP contribution in [0, 0.1) is 0 Å². The number of ether oxygens (including phenoxy) is 1. The fourth-order valence-corrected chi connectivity index (χ4v) is 1.49. The fraction of sp³-hybridized carbons (Fsp3) is 0.385. The number of carboxylic acids is 1. The zero-order chi connectivity index (χ0) is 14.6. The normalized spacial score (nSPS) is 10.4. The Bertz CT molecular complexity index is 488. The summed E-state index contributed by atoms with van der Waals surface area (Å²) >= 11 is 5.73. The quantitative estimate of drug-likeness (QED) is 0.901. The third-order valence-corrected chi connectivity index (χ3v) is 3.03. The number of benzene rings is 1. The second kappa shape index (κ2) is 6.43. The van der Waals surface area contributed by atoms with E-state index in [-0.39, 0.29) is 29.1 Å². The molecule has 0 saturated heterocycles. The number of nitrogens with zero attached hydrogens (tertiary/aromatic N) is 1. The van der Waals surface area contributed by atoms with Crippen molar-refractivity contribution >= 4 is 23.5 Å². The van der Waals surface area contributed by atoms with E-state index >= 15 is 0 Å². The molecule has 104 valence electrons. The molecule has 0 radical (unpaired) electrons. The molecule has 0 aliphatic heterocycles. The molecular weight excluding hydrogens is 270 g/mol. The number of carboxylic acid groups (broad SMARTS) is 1. The molecule has 1 N–H and O–H groups in total. The summed E-state index contributed by atoms with van der Waals surface area (Å²) in [5, 5.41) is 9.04. The summed E-state index contributed by atoms with van der Waals surface area (Å²) in [7, 11) is 1.68. The average molecular weight is 286 g/mol. The topological polar surface area (TPSA) is 66.8 Å². The van der Waals surface area contributed by atoms with Gasteiger partial charge in [-0.1, -0.05) is 11.6 Å². The van der Waals surface area contributed by atoms with Gasteiger partial charge in [-0.15, -0.1) is 0 Å². The number of hydrogen-bond donors (Lipinski definition) is 1. The molecule has 0 aliphatic rings. The fourth-order valence-electron chi connectivity index (χ4n) is 1.29. The van der Waals surface area contributed by atoms with Gasteiger partial charge < -0.3 is 14.7 Å². The SMILES string of the molecule is CC(C)N(C)C(=O)COc1ccc(Cl)c(C(=O)O)c1. The van der Waals surface area contributed by atoms with Crippen LogP contribution < -0.4 is 4.74 Å². The van der Waals surface area contributed by atoms with Gasteiger partial charge in [0.1, 0.15) is 5.75 Å². The number of hydrogen-bond acceptors (Lipinski definition) is 3. The lowest BCUT2D eigenvalue weighted by molar-refractivity contribution is -0.133. The third-order valence-electron chi connectivity index (χ3n) is 2.70. The standard InChI is InChI=1S/C13H16ClNO4/c1-8(2)15(3)12(16)7-19-9-4-5-11(14)10(6-9)13(17)18/h4-6,8H,7H2,1-3H3,(H,17,18). The minimum Gasteiger partial charge on any atom is -0.484 e. The predicted octanol–water partition coefficient (Wildman–Crippen LogP) is 2.28. The van der Waals surface area contributed by atoms with Gasteiger partial charge in [-0.2, -0.15) is 0 Å². The monoisotopic (exact) mass is 285 g/mol. The van der Waals surface area contributed by atoms with Gasteiger partial charge in [0, 0.05) is 13.1 Å². The van der Waals surface area contributed by atoms with Crippen molar-refractivity contribution in [1.82, 2.24) is 4.90 Å². The number of carbonyl (C=O) groups excluding carboxylic acids is 1. The smallest absolute Gasteiger partial charge is 0.337 e. The van der Waals surface area contributed by atoms with Crippen molar-refractivity contribution in [2.75, 3.05) is 13.7 Å². The highest BCUT2D eigenvalue weighted by atomic mass is 35.5. The summed E-state index contributed by atoms with van der Waals surface area (Å²) < 4.78 is 5.27. The maximum atomic E-state index is 11.7. The molecule has 1 aromatic rings. The van der Waals surface area contributed by atoms with Crippen molar-refractivity contribution in [1.29, 1.82) is 0 Å². The molecule has 0 saturated carbocycles. The molecular formula is C13H16ClNO4. The molecule has 1 amide bonds. The number of amides is 1. The molecule has 1 rings (SSSR count). The highest BCUT2D eigenvalue weighted by Gasteiger charge is 2.14. The van der Waals surface area contributed by atoms with E-state index < -0.39 is 5.97 Å². The van der Waals surface area contributed by atoms with Gasteiger partial charge in [0.05, 0.1) is 10.6 Å². The minimum absolute atomic E-state index is 0.0520. The third kappa shape index (κ3) is 4.13. The van der Waals surface area contributed by atoms with Crippen molar-refractivity contribution in [3.63, 3.8) is 0 Å². The van der Waals surface area contributed by atoms with Crippen LogP contribution in [0.4, 0.5) is 0 Å². The molecule has 19 heavy (non-hydrogen) atoms. The summed E-state index contributed by atoms with van der Waals surface area (Å²) in [5.74, 6) is -1.02. The van der Waals surface area contributed by atoms with Crippen LogP contribution in [-0.2, 0) is 4.79 Å². The first-order valence-corrected chi connectivity index (χ1v) is 6.12. The first-order valence-electron chi connectivity index (χ1n) is 5.74. The summed E-state index contributed by atoms with van der Waals surface area (Å²) in [6, 6.07) is 4.33. The second-order valence-electron chi connectivity index (χ2n) is 4.33. The zero-order valence-electron chi connectivity index (χ0n) is 11.0. The van der Waals surface area contributed by atoms with E-state index in [1.165, 1.54) is 18.2 Å². The number of halogens is 1. The summed E-state index contributed by atoms with van der Waals surface area (Å²) in [6.45, 7) is 3.64. The van der Waals surface area contributed by atoms with Crippen molar-refractivity contribution in [2.45, 2.75) is 19.9 Å². The molecule has 5 nitrogen and oxygen atoms in total. The highest BCUT2D eigenvalue weighted by molar-refractivity contribution is 6.33. The molecule has 0 fully saturated rings. The van der Waals surface area contributed by atoms with Gasteiger partial charge in [0.25, 0.3) is 5.91 Å². The summed E-state index contributed by atoms with van der Waals surface area (Å²) in [6.07, 6.45) is 0. The Morgan fingerprint density at radius 1 is 1.42 bits per heavy atom. The molecule has 0 heterocycles. The van der Waals surface area contributed by atoms with Crippen LogP contribution in [0.5, 0.6) is 5.75 Å². The molecule has 0 bridgehead atoms. The maximum Gasteiger partial charge on any atom is 0.337 e. The van der Waals surface area contributed by atoms with E-state index in [1.807, 2.05) is 13.8 Å². The van der Waals surface area contributed by atoms with Gasteiger partial charge in [0.2, 0.25) is 0 Å². The number of carbonyl (C=O) groups is 2. The Morgan fingerprint density at radius 3 is 2.58 bits per heavy atom. The largest absolute Gasteiger partial charge is 0.484 e. The van der Waals surface area contributed by atoms with E-state index in [0.717, 1.165) is 0 Å². The Balaban J connectivity index is 2.71. The molecule has 0 aromatic heterocycles.